The Hall–Kier alpha value is -3.21. The Balaban J connectivity index is 1.52. The van der Waals surface area contributed by atoms with Gasteiger partial charge >= 0.3 is 5.69 Å². The van der Waals surface area contributed by atoms with Crippen molar-refractivity contribution < 1.29 is 9.53 Å². The molecule has 0 radical (unpaired) electrons. The number of aromatic nitrogens is 6. The molecule has 11 nitrogen and oxygen atoms in total. The summed E-state index contributed by atoms with van der Waals surface area (Å²) >= 11 is 0. The van der Waals surface area contributed by atoms with Crippen LogP contribution in [0.4, 0.5) is 5.69 Å². The zero-order valence-corrected chi connectivity index (χ0v) is 15.7. The monoisotopic (exact) mass is 387 g/mol. The van der Waals surface area contributed by atoms with Gasteiger partial charge in [-0.15, -0.1) is 0 Å². The van der Waals surface area contributed by atoms with E-state index in [0.717, 1.165) is 17.4 Å². The molecule has 4 heterocycles. The van der Waals surface area contributed by atoms with Crippen LogP contribution in [0.15, 0.2) is 28.3 Å². The molecule has 11 heteroatoms. The molecule has 0 atom stereocenters. The van der Waals surface area contributed by atoms with Gasteiger partial charge in [-0.05, 0) is 12.8 Å². The van der Waals surface area contributed by atoms with E-state index in [1.807, 2.05) is 4.68 Å². The van der Waals surface area contributed by atoms with Crippen LogP contribution in [0.25, 0.3) is 11.2 Å². The van der Waals surface area contributed by atoms with Crippen LogP contribution in [0.2, 0.25) is 0 Å². The first-order valence-electron chi connectivity index (χ1n) is 8.98. The minimum Gasteiger partial charge on any atom is -0.381 e. The van der Waals surface area contributed by atoms with E-state index in [9.17, 15) is 14.4 Å². The fraction of sp³-hybridized carbons (Fsp3) is 0.471. The molecule has 0 bridgehead atoms. The van der Waals surface area contributed by atoms with Crippen LogP contribution in [-0.2, 0) is 30.2 Å². The molecule has 1 N–H and O–H groups in total. The summed E-state index contributed by atoms with van der Waals surface area (Å²) in [5.74, 6) is -0.318. The highest BCUT2D eigenvalue weighted by Gasteiger charge is 2.18. The number of aryl methyl sites for hydroxylation is 1. The molecule has 1 fully saturated rings. The Labute approximate surface area is 159 Å². The summed E-state index contributed by atoms with van der Waals surface area (Å²) in [7, 11) is 2.93. The van der Waals surface area contributed by atoms with Gasteiger partial charge in [0.15, 0.2) is 11.2 Å². The Morgan fingerprint density at radius 3 is 2.75 bits per heavy atom. The number of nitrogens with one attached hydrogen (secondary N) is 1. The molecule has 3 aromatic rings. The maximum Gasteiger partial charge on any atom is 0.332 e. The standard InChI is InChI=1S/C17H21N7O4/c1-21-15-14(16(26)22(2)17(21)27)23(10-18-15)9-13(25)20-11-7-19-24(8-11)12-3-5-28-6-4-12/h7-8,10,12H,3-6,9H2,1-2H3,(H,20,25). The van der Waals surface area contributed by atoms with E-state index in [4.69, 9.17) is 4.74 Å². The van der Waals surface area contributed by atoms with Crippen LogP contribution in [0.1, 0.15) is 18.9 Å². The highest BCUT2D eigenvalue weighted by Crippen LogP contribution is 2.21. The molecular formula is C17H21N7O4. The van der Waals surface area contributed by atoms with Crippen LogP contribution >= 0.6 is 0 Å². The molecule has 0 aliphatic carbocycles. The fourth-order valence-corrected chi connectivity index (χ4v) is 3.42. The van der Waals surface area contributed by atoms with Crippen molar-refractivity contribution in [3.8, 4) is 0 Å². The summed E-state index contributed by atoms with van der Waals surface area (Å²) in [6.45, 7) is 1.31. The molecule has 28 heavy (non-hydrogen) atoms. The number of carbonyl (C=O) groups is 1. The molecular weight excluding hydrogens is 366 g/mol. The molecule has 0 unspecified atom stereocenters. The van der Waals surface area contributed by atoms with Crippen LogP contribution in [0.3, 0.4) is 0 Å². The van der Waals surface area contributed by atoms with Gasteiger partial charge in [-0.3, -0.25) is 23.4 Å². The molecule has 1 amide bonds. The van der Waals surface area contributed by atoms with E-state index in [1.165, 1.54) is 29.6 Å². The predicted octanol–water partition coefficient (Wildman–Crippen LogP) is -0.380. The van der Waals surface area contributed by atoms with Crippen molar-refractivity contribution in [3.63, 3.8) is 0 Å². The summed E-state index contributed by atoms with van der Waals surface area (Å²) in [5, 5.41) is 7.11. The summed E-state index contributed by atoms with van der Waals surface area (Å²) in [4.78, 5) is 41.0. The highest BCUT2D eigenvalue weighted by molar-refractivity contribution is 5.91. The Kier molecular flexibility index (Phi) is 4.59. The van der Waals surface area contributed by atoms with Crippen molar-refractivity contribution in [3.05, 3.63) is 39.6 Å². The molecule has 0 aromatic carbocycles. The van der Waals surface area contributed by atoms with E-state index in [0.29, 0.717) is 18.9 Å². The van der Waals surface area contributed by atoms with E-state index in [-0.39, 0.29) is 29.7 Å². The number of hydrogen-bond donors (Lipinski definition) is 1. The topological polar surface area (TPSA) is 118 Å². The van der Waals surface area contributed by atoms with Crippen LogP contribution < -0.4 is 16.6 Å². The number of imidazole rings is 1. The van der Waals surface area contributed by atoms with Crippen molar-refractivity contribution >= 4 is 22.8 Å². The largest absolute Gasteiger partial charge is 0.381 e. The average Bonchev–Trinajstić information content (AvgIpc) is 3.33. The number of amides is 1. The third kappa shape index (κ3) is 3.13. The Bertz CT molecular complexity index is 1150. The second kappa shape index (κ2) is 7.08. The quantitative estimate of drug-likeness (QED) is 0.652. The lowest BCUT2D eigenvalue weighted by atomic mass is 10.1. The van der Waals surface area contributed by atoms with Gasteiger partial charge in [0.2, 0.25) is 5.91 Å². The minimum absolute atomic E-state index is 0.105. The van der Waals surface area contributed by atoms with Gasteiger partial charge in [0, 0.05) is 33.5 Å². The first kappa shape index (κ1) is 18.2. The highest BCUT2D eigenvalue weighted by atomic mass is 16.5. The molecule has 4 rings (SSSR count). The second-order valence-corrected chi connectivity index (χ2v) is 6.85. The Morgan fingerprint density at radius 1 is 1.25 bits per heavy atom. The molecule has 1 aliphatic rings. The number of nitrogens with zero attached hydrogens (tertiary/aromatic N) is 6. The van der Waals surface area contributed by atoms with Crippen LogP contribution in [-0.4, -0.2) is 47.6 Å². The third-order valence-electron chi connectivity index (χ3n) is 4.98. The predicted molar refractivity (Wildman–Crippen MR) is 100 cm³/mol. The number of anilines is 1. The Morgan fingerprint density at radius 2 is 2.00 bits per heavy atom. The number of ether oxygens (including phenoxy) is 1. The van der Waals surface area contributed by atoms with Gasteiger partial charge in [0.1, 0.15) is 6.54 Å². The minimum atomic E-state index is -0.490. The fourth-order valence-electron chi connectivity index (χ4n) is 3.42. The normalized spacial score (nSPS) is 15.2. The number of carbonyl (C=O) groups excluding carboxylic acids is 1. The zero-order valence-electron chi connectivity index (χ0n) is 15.7. The van der Waals surface area contributed by atoms with Crippen LogP contribution in [0.5, 0.6) is 0 Å². The number of hydrogen-bond acceptors (Lipinski definition) is 6. The first-order valence-corrected chi connectivity index (χ1v) is 8.98. The maximum atomic E-state index is 12.5. The summed E-state index contributed by atoms with van der Waals surface area (Å²) < 4.78 is 10.9. The summed E-state index contributed by atoms with van der Waals surface area (Å²) in [6, 6.07) is 0.265. The van der Waals surface area contributed by atoms with E-state index >= 15 is 0 Å². The van der Waals surface area contributed by atoms with Crippen molar-refractivity contribution in [1.82, 2.24) is 28.5 Å². The third-order valence-corrected chi connectivity index (χ3v) is 4.98. The van der Waals surface area contributed by atoms with Crippen LogP contribution in [0, 0.1) is 0 Å². The number of fused-ring (bicyclic) bond motifs is 1. The van der Waals surface area contributed by atoms with Crippen molar-refractivity contribution in [2.45, 2.75) is 25.4 Å². The van der Waals surface area contributed by atoms with Gasteiger partial charge in [-0.25, -0.2) is 9.78 Å². The molecule has 1 aliphatic heterocycles. The smallest absolute Gasteiger partial charge is 0.332 e. The lowest BCUT2D eigenvalue weighted by Gasteiger charge is -2.22. The first-order chi connectivity index (χ1) is 13.5. The van der Waals surface area contributed by atoms with Crippen molar-refractivity contribution in [2.75, 3.05) is 18.5 Å². The van der Waals surface area contributed by atoms with Gasteiger partial charge in [0.05, 0.1) is 24.3 Å². The van der Waals surface area contributed by atoms with Gasteiger partial charge in [0.25, 0.3) is 5.56 Å². The maximum absolute atomic E-state index is 12.5. The SMILES string of the molecule is Cn1c(=O)c2c(ncn2CC(=O)Nc2cnn(C3CCOCC3)c2)n(C)c1=O. The molecule has 0 spiro atoms. The molecule has 0 saturated carbocycles. The molecule has 148 valence electrons. The van der Waals surface area contributed by atoms with Gasteiger partial charge in [-0.1, -0.05) is 0 Å². The lowest BCUT2D eigenvalue weighted by molar-refractivity contribution is -0.116. The molecule has 3 aromatic heterocycles. The summed E-state index contributed by atoms with van der Waals surface area (Å²) in [6.07, 6.45) is 6.55. The van der Waals surface area contributed by atoms with E-state index < -0.39 is 11.2 Å². The second-order valence-electron chi connectivity index (χ2n) is 6.85. The number of rotatable bonds is 4. The van der Waals surface area contributed by atoms with E-state index in [1.54, 1.807) is 12.4 Å². The van der Waals surface area contributed by atoms with Crippen molar-refractivity contribution in [1.29, 1.82) is 0 Å². The lowest BCUT2D eigenvalue weighted by Crippen LogP contribution is -2.37. The zero-order chi connectivity index (χ0) is 19.8. The van der Waals surface area contributed by atoms with Gasteiger partial charge < -0.3 is 14.6 Å². The summed E-state index contributed by atoms with van der Waals surface area (Å²) in [5.41, 5.74) is 0.0792. The average molecular weight is 387 g/mol. The van der Waals surface area contributed by atoms with Crippen molar-refractivity contribution in [2.24, 2.45) is 14.1 Å². The molecule has 1 saturated heterocycles. The van der Waals surface area contributed by atoms with Gasteiger partial charge in [-0.2, -0.15) is 5.10 Å². The van der Waals surface area contributed by atoms with E-state index in [2.05, 4.69) is 15.4 Å².